The Bertz CT molecular complexity index is 1120. The van der Waals surface area contributed by atoms with Crippen molar-refractivity contribution in [3.8, 4) is 5.75 Å². The van der Waals surface area contributed by atoms with Crippen LogP contribution in [0.4, 0.5) is 5.00 Å². The number of carbonyl (C=O) groups is 1. The number of phenolic OH excluding ortho intramolecular Hbond substituents is 1. The van der Waals surface area contributed by atoms with E-state index in [1.807, 2.05) is 42.5 Å². The molecule has 31 heavy (non-hydrogen) atoms. The van der Waals surface area contributed by atoms with E-state index >= 15 is 0 Å². The number of carbonyl (C=O) groups excluding carboxylic acids is 1. The van der Waals surface area contributed by atoms with Gasteiger partial charge < -0.3 is 10.4 Å². The van der Waals surface area contributed by atoms with E-state index in [1.165, 1.54) is 4.88 Å². The Balaban J connectivity index is 1.61. The number of nitrogens with zero attached hydrogens (tertiary/aromatic N) is 1. The largest absolute Gasteiger partial charge is 0.508 e. The molecular formula is C26H26N2O2S. The molecule has 0 aliphatic heterocycles. The second kappa shape index (κ2) is 9.75. The van der Waals surface area contributed by atoms with E-state index in [9.17, 15) is 9.90 Å². The molecule has 0 radical (unpaired) electrons. The summed E-state index contributed by atoms with van der Waals surface area (Å²) in [4.78, 5) is 19.1. The predicted molar refractivity (Wildman–Crippen MR) is 128 cm³/mol. The monoisotopic (exact) mass is 430 g/mol. The zero-order valence-electron chi connectivity index (χ0n) is 17.4. The quantitative estimate of drug-likeness (QED) is 0.371. The van der Waals surface area contributed by atoms with Gasteiger partial charge >= 0.3 is 0 Å². The lowest BCUT2D eigenvalue weighted by atomic mass is 9.95. The SMILES string of the molecule is C=CCc1cc(C=Nc2sc3c(c2C(=O)NCc2ccccc2)CCCC3)ccc1O. The highest BCUT2D eigenvalue weighted by Gasteiger charge is 2.25. The van der Waals surface area contributed by atoms with E-state index in [0.29, 0.717) is 13.0 Å². The number of hydrogen-bond donors (Lipinski definition) is 2. The molecule has 1 aromatic heterocycles. The third kappa shape index (κ3) is 4.94. The molecule has 0 atom stereocenters. The first-order valence-electron chi connectivity index (χ1n) is 10.6. The number of aromatic hydroxyl groups is 1. The number of benzene rings is 2. The molecule has 4 nitrogen and oxygen atoms in total. The molecule has 1 amide bonds. The topological polar surface area (TPSA) is 61.7 Å². The highest BCUT2D eigenvalue weighted by molar-refractivity contribution is 7.16. The predicted octanol–water partition coefficient (Wildman–Crippen LogP) is 5.74. The van der Waals surface area contributed by atoms with Crippen molar-refractivity contribution in [3.63, 3.8) is 0 Å². The molecule has 0 spiro atoms. The van der Waals surface area contributed by atoms with Crippen LogP contribution in [0, 0.1) is 0 Å². The summed E-state index contributed by atoms with van der Waals surface area (Å²) < 4.78 is 0. The standard InChI is InChI=1S/C26H26N2O2S/c1-2-8-20-15-19(13-14-22(20)29)17-28-26-24(21-11-6-7-12-23(21)31-26)25(30)27-16-18-9-4-3-5-10-18/h2-5,9-10,13-15,17,29H,1,6-8,11-12,16H2,(H,27,30). The number of rotatable bonds is 7. The fourth-order valence-electron chi connectivity index (χ4n) is 3.88. The van der Waals surface area contributed by atoms with Gasteiger partial charge in [-0.3, -0.25) is 4.79 Å². The summed E-state index contributed by atoms with van der Waals surface area (Å²) in [5, 5.41) is 13.8. The Labute approximate surface area is 187 Å². The minimum absolute atomic E-state index is 0.0616. The maximum Gasteiger partial charge on any atom is 0.254 e. The maximum absolute atomic E-state index is 13.1. The summed E-state index contributed by atoms with van der Waals surface area (Å²) in [5.41, 5.74) is 4.65. The molecule has 3 aromatic rings. The lowest BCUT2D eigenvalue weighted by Crippen LogP contribution is -2.24. The van der Waals surface area contributed by atoms with Gasteiger partial charge in [0.1, 0.15) is 10.8 Å². The second-order valence-corrected chi connectivity index (χ2v) is 8.78. The number of phenols is 1. The van der Waals surface area contributed by atoms with Crippen molar-refractivity contribution < 1.29 is 9.90 Å². The van der Waals surface area contributed by atoms with Crippen LogP contribution in [0.2, 0.25) is 0 Å². The van der Waals surface area contributed by atoms with Crippen molar-refractivity contribution in [1.29, 1.82) is 0 Å². The summed E-state index contributed by atoms with van der Waals surface area (Å²) in [6.07, 6.45) is 8.33. The van der Waals surface area contributed by atoms with Crippen molar-refractivity contribution in [2.45, 2.75) is 38.6 Å². The molecule has 158 valence electrons. The van der Waals surface area contributed by atoms with E-state index in [-0.39, 0.29) is 11.7 Å². The van der Waals surface area contributed by atoms with E-state index in [0.717, 1.165) is 58.5 Å². The van der Waals surface area contributed by atoms with Gasteiger partial charge in [0.05, 0.1) is 5.56 Å². The molecular weight excluding hydrogens is 404 g/mol. The first-order valence-corrected chi connectivity index (χ1v) is 11.4. The highest BCUT2D eigenvalue weighted by atomic mass is 32.1. The molecule has 0 fully saturated rings. The average molecular weight is 431 g/mol. The first kappa shape index (κ1) is 21.1. The smallest absolute Gasteiger partial charge is 0.254 e. The molecule has 1 heterocycles. The van der Waals surface area contributed by atoms with Crippen molar-refractivity contribution in [2.24, 2.45) is 4.99 Å². The van der Waals surface area contributed by atoms with Crippen molar-refractivity contribution in [2.75, 3.05) is 0 Å². The lowest BCUT2D eigenvalue weighted by molar-refractivity contribution is 0.0951. The van der Waals surface area contributed by atoms with Crippen LogP contribution in [-0.4, -0.2) is 17.2 Å². The van der Waals surface area contributed by atoms with Gasteiger partial charge in [-0.2, -0.15) is 0 Å². The first-order chi connectivity index (χ1) is 15.2. The molecule has 0 unspecified atom stereocenters. The van der Waals surface area contributed by atoms with Crippen molar-refractivity contribution in [3.05, 3.63) is 93.9 Å². The summed E-state index contributed by atoms with van der Waals surface area (Å²) in [6, 6.07) is 15.3. The van der Waals surface area contributed by atoms with E-state index in [4.69, 9.17) is 4.99 Å². The second-order valence-electron chi connectivity index (χ2n) is 7.70. The lowest BCUT2D eigenvalue weighted by Gasteiger charge is -2.12. The fraction of sp³-hybridized carbons (Fsp3) is 0.231. The Morgan fingerprint density at radius 1 is 1.16 bits per heavy atom. The number of thiophene rings is 1. The Hall–Kier alpha value is -3.18. The van der Waals surface area contributed by atoms with Crippen LogP contribution in [0.15, 0.2) is 66.2 Å². The van der Waals surface area contributed by atoms with Crippen LogP contribution in [0.25, 0.3) is 0 Å². The van der Waals surface area contributed by atoms with Crippen LogP contribution in [0.3, 0.4) is 0 Å². The Morgan fingerprint density at radius 2 is 1.97 bits per heavy atom. The van der Waals surface area contributed by atoms with Crippen LogP contribution in [0.5, 0.6) is 5.75 Å². The van der Waals surface area contributed by atoms with Crippen molar-refractivity contribution in [1.82, 2.24) is 5.32 Å². The third-order valence-electron chi connectivity index (χ3n) is 5.47. The van der Waals surface area contributed by atoms with Gasteiger partial charge in [-0.1, -0.05) is 36.4 Å². The number of hydrogen-bond acceptors (Lipinski definition) is 4. The highest BCUT2D eigenvalue weighted by Crippen LogP contribution is 2.40. The van der Waals surface area contributed by atoms with Crippen LogP contribution >= 0.6 is 11.3 Å². The third-order valence-corrected chi connectivity index (χ3v) is 6.67. The van der Waals surface area contributed by atoms with Crippen LogP contribution < -0.4 is 5.32 Å². The summed E-state index contributed by atoms with van der Waals surface area (Å²) in [7, 11) is 0. The van der Waals surface area contributed by atoms with Crippen molar-refractivity contribution >= 4 is 28.5 Å². The van der Waals surface area contributed by atoms with Gasteiger partial charge in [0.15, 0.2) is 0 Å². The molecule has 0 saturated carbocycles. The summed E-state index contributed by atoms with van der Waals surface area (Å²) in [5.74, 6) is 0.193. The van der Waals surface area contributed by atoms with Gasteiger partial charge in [-0.25, -0.2) is 4.99 Å². The number of fused-ring (bicyclic) bond motifs is 1. The number of allylic oxidation sites excluding steroid dienone is 1. The minimum Gasteiger partial charge on any atom is -0.508 e. The average Bonchev–Trinajstić information content (AvgIpc) is 3.17. The van der Waals surface area contributed by atoms with Gasteiger partial charge in [0.25, 0.3) is 5.91 Å². The van der Waals surface area contributed by atoms with Gasteiger partial charge in [0.2, 0.25) is 0 Å². The number of aliphatic imine (C=N–C) groups is 1. The fourth-order valence-corrected chi connectivity index (χ4v) is 5.11. The molecule has 1 aliphatic carbocycles. The maximum atomic E-state index is 13.1. The Morgan fingerprint density at radius 3 is 2.77 bits per heavy atom. The van der Waals surface area contributed by atoms with Crippen LogP contribution in [0.1, 0.15) is 50.3 Å². The Kier molecular flexibility index (Phi) is 6.63. The number of amides is 1. The molecule has 2 aromatic carbocycles. The molecule has 5 heteroatoms. The van der Waals surface area contributed by atoms with E-state index in [2.05, 4.69) is 11.9 Å². The molecule has 4 rings (SSSR count). The number of aryl methyl sites for hydroxylation is 1. The van der Waals surface area contributed by atoms with Gasteiger partial charge in [0, 0.05) is 17.6 Å². The zero-order valence-corrected chi connectivity index (χ0v) is 18.3. The van der Waals surface area contributed by atoms with Gasteiger partial charge in [-0.15, -0.1) is 17.9 Å². The molecule has 0 saturated heterocycles. The summed E-state index contributed by atoms with van der Waals surface area (Å²) >= 11 is 1.62. The van der Waals surface area contributed by atoms with Gasteiger partial charge in [-0.05, 0) is 72.6 Å². The van der Waals surface area contributed by atoms with E-state index < -0.39 is 0 Å². The van der Waals surface area contributed by atoms with Crippen LogP contribution in [-0.2, 0) is 25.8 Å². The minimum atomic E-state index is -0.0616. The normalized spacial score (nSPS) is 13.2. The zero-order chi connectivity index (χ0) is 21.6. The molecule has 0 bridgehead atoms. The molecule has 2 N–H and O–H groups in total. The summed E-state index contributed by atoms with van der Waals surface area (Å²) in [6.45, 7) is 4.24. The number of nitrogens with one attached hydrogen (secondary N) is 1. The van der Waals surface area contributed by atoms with E-state index in [1.54, 1.807) is 29.7 Å². The molecule has 1 aliphatic rings.